The Hall–Kier alpha value is -4.00. The summed E-state index contributed by atoms with van der Waals surface area (Å²) in [6.45, 7) is 1.73. The van der Waals surface area contributed by atoms with Crippen LogP contribution in [0.2, 0.25) is 0 Å². The van der Waals surface area contributed by atoms with Gasteiger partial charge in [0.05, 0.1) is 39.0 Å². The van der Waals surface area contributed by atoms with Crippen LogP contribution < -0.4 is 9.47 Å². The first kappa shape index (κ1) is 21.3. The molecule has 0 radical (unpaired) electrons. The molecular weight excluding hydrogens is 462 g/mol. The molecule has 6 heteroatoms. The Labute approximate surface area is 206 Å². The average molecular weight is 482 g/mol. The molecule has 4 heterocycles. The van der Waals surface area contributed by atoms with Crippen LogP contribution in [0.5, 0.6) is 11.5 Å². The lowest BCUT2D eigenvalue weighted by Gasteiger charge is -2.29. The minimum atomic E-state index is -0.320. The van der Waals surface area contributed by atoms with E-state index in [0.29, 0.717) is 49.1 Å². The highest BCUT2D eigenvalue weighted by molar-refractivity contribution is 6.01. The summed E-state index contributed by atoms with van der Waals surface area (Å²) in [4.78, 5) is 0. The standard InChI is InChI=1S/C30H20F2O4/c31-19-1-3-29-25(11-19)21(5-7-35-29)27-15-33-13-17-10-24-18(9-23(17)27)14-34-16-28(24)22-6-8-36-30-4-2-20(32)12-26(22)30/h1-12H,13-16H2/b27-21-,28-22+. The molecule has 3 aromatic rings. The van der Waals surface area contributed by atoms with Crippen molar-refractivity contribution < 1.29 is 27.7 Å². The molecule has 0 aromatic heterocycles. The quantitative estimate of drug-likeness (QED) is 0.359. The van der Waals surface area contributed by atoms with E-state index in [-0.39, 0.29) is 11.6 Å². The zero-order valence-corrected chi connectivity index (χ0v) is 19.1. The summed E-state index contributed by atoms with van der Waals surface area (Å²) in [5.41, 5.74) is 9.30. The van der Waals surface area contributed by atoms with Crippen molar-refractivity contribution >= 4 is 22.3 Å². The zero-order chi connectivity index (χ0) is 24.2. The minimum absolute atomic E-state index is 0.320. The van der Waals surface area contributed by atoms with Crippen LogP contribution in [-0.2, 0) is 22.7 Å². The SMILES string of the molecule is Fc1ccc2c(c1)/C(=C1\COCc3cc4c(cc31)COC/C4=C1\C=COc3ccc(F)cc31)C=CO2. The van der Waals surface area contributed by atoms with E-state index in [0.717, 1.165) is 44.5 Å². The van der Waals surface area contributed by atoms with Crippen LogP contribution in [0.25, 0.3) is 22.3 Å². The first-order valence-electron chi connectivity index (χ1n) is 11.7. The molecule has 0 aliphatic carbocycles. The van der Waals surface area contributed by atoms with E-state index in [1.54, 1.807) is 24.7 Å². The molecule has 4 aliphatic rings. The van der Waals surface area contributed by atoms with Gasteiger partial charge in [0.15, 0.2) is 0 Å². The van der Waals surface area contributed by atoms with Crippen LogP contribution in [0.15, 0.2) is 73.2 Å². The van der Waals surface area contributed by atoms with Gasteiger partial charge in [0.1, 0.15) is 23.1 Å². The molecule has 3 aromatic carbocycles. The number of ether oxygens (including phenoxy) is 4. The van der Waals surface area contributed by atoms with E-state index in [4.69, 9.17) is 18.9 Å². The Morgan fingerprint density at radius 2 is 1.00 bits per heavy atom. The van der Waals surface area contributed by atoms with Crippen molar-refractivity contribution in [1.29, 1.82) is 0 Å². The van der Waals surface area contributed by atoms with E-state index >= 15 is 0 Å². The van der Waals surface area contributed by atoms with Gasteiger partial charge in [-0.25, -0.2) is 8.78 Å². The largest absolute Gasteiger partial charge is 0.464 e. The van der Waals surface area contributed by atoms with Crippen molar-refractivity contribution in [2.24, 2.45) is 0 Å². The van der Waals surface area contributed by atoms with Crippen molar-refractivity contribution in [3.8, 4) is 11.5 Å². The molecule has 0 unspecified atom stereocenters. The lowest BCUT2D eigenvalue weighted by Crippen LogP contribution is -2.17. The van der Waals surface area contributed by atoms with Gasteiger partial charge in [-0.05, 0) is 105 Å². The third-order valence-electron chi connectivity index (χ3n) is 6.96. The van der Waals surface area contributed by atoms with Crippen molar-refractivity contribution in [1.82, 2.24) is 0 Å². The topological polar surface area (TPSA) is 36.9 Å². The molecular formula is C30H20F2O4. The van der Waals surface area contributed by atoms with Crippen molar-refractivity contribution in [3.05, 3.63) is 118 Å². The second-order valence-electron chi connectivity index (χ2n) is 9.06. The van der Waals surface area contributed by atoms with E-state index in [1.807, 2.05) is 12.2 Å². The van der Waals surface area contributed by atoms with Crippen molar-refractivity contribution in [2.45, 2.75) is 13.2 Å². The average Bonchev–Trinajstić information content (AvgIpc) is 2.90. The zero-order valence-electron chi connectivity index (χ0n) is 19.1. The Balaban J connectivity index is 1.41. The summed E-state index contributed by atoms with van der Waals surface area (Å²) in [6.07, 6.45) is 6.96. The number of hydrogen-bond donors (Lipinski definition) is 0. The van der Waals surface area contributed by atoms with E-state index < -0.39 is 0 Å². The fraction of sp³-hybridized carbons (Fsp3) is 0.133. The highest BCUT2D eigenvalue weighted by Crippen LogP contribution is 2.44. The van der Waals surface area contributed by atoms with E-state index in [9.17, 15) is 8.78 Å². The second kappa shape index (κ2) is 8.29. The highest BCUT2D eigenvalue weighted by Gasteiger charge is 2.27. The lowest BCUT2D eigenvalue weighted by molar-refractivity contribution is 0.142. The molecule has 0 amide bonds. The maximum Gasteiger partial charge on any atom is 0.134 e. The summed E-state index contributed by atoms with van der Waals surface area (Å²) in [5, 5.41) is 0. The molecule has 0 saturated heterocycles. The molecule has 0 bridgehead atoms. The smallest absolute Gasteiger partial charge is 0.134 e. The van der Waals surface area contributed by atoms with Crippen LogP contribution in [0.3, 0.4) is 0 Å². The summed E-state index contributed by atoms with van der Waals surface area (Å²) < 4.78 is 51.4. The van der Waals surface area contributed by atoms with Crippen molar-refractivity contribution in [2.75, 3.05) is 13.2 Å². The van der Waals surface area contributed by atoms with Gasteiger partial charge >= 0.3 is 0 Å². The summed E-state index contributed by atoms with van der Waals surface area (Å²) in [6, 6.07) is 13.3. The molecule has 178 valence electrons. The molecule has 0 atom stereocenters. The normalized spacial score (nSPS) is 21.6. The third kappa shape index (κ3) is 3.41. The number of allylic oxidation sites excluding steroid dienone is 4. The van der Waals surface area contributed by atoms with Crippen LogP contribution >= 0.6 is 0 Å². The summed E-state index contributed by atoms with van der Waals surface area (Å²) in [5.74, 6) is 0.580. The molecule has 7 rings (SSSR count). The van der Waals surface area contributed by atoms with Gasteiger partial charge in [-0.2, -0.15) is 0 Å². The Morgan fingerprint density at radius 3 is 1.47 bits per heavy atom. The predicted octanol–water partition coefficient (Wildman–Crippen LogP) is 6.66. The van der Waals surface area contributed by atoms with Crippen LogP contribution in [-0.4, -0.2) is 13.2 Å². The highest BCUT2D eigenvalue weighted by atomic mass is 19.1. The Kier molecular flexibility index (Phi) is 4.91. The molecule has 4 nitrogen and oxygen atoms in total. The maximum absolute atomic E-state index is 14.1. The number of halogens is 2. The van der Waals surface area contributed by atoms with E-state index in [1.165, 1.54) is 24.3 Å². The first-order valence-corrected chi connectivity index (χ1v) is 11.7. The van der Waals surface area contributed by atoms with Gasteiger partial charge in [0.25, 0.3) is 0 Å². The second-order valence-corrected chi connectivity index (χ2v) is 9.06. The Bertz CT molecular complexity index is 1440. The fourth-order valence-corrected chi connectivity index (χ4v) is 5.30. The maximum atomic E-state index is 14.1. The summed E-state index contributed by atoms with van der Waals surface area (Å²) in [7, 11) is 0. The molecule has 0 saturated carbocycles. The molecule has 0 N–H and O–H groups in total. The molecule has 0 fully saturated rings. The third-order valence-corrected chi connectivity index (χ3v) is 6.96. The number of fused-ring (bicyclic) bond motifs is 4. The molecule has 36 heavy (non-hydrogen) atoms. The monoisotopic (exact) mass is 482 g/mol. The van der Waals surface area contributed by atoms with E-state index in [2.05, 4.69) is 12.1 Å². The molecule has 4 aliphatic heterocycles. The minimum Gasteiger partial charge on any atom is -0.464 e. The number of hydrogen-bond acceptors (Lipinski definition) is 4. The van der Waals surface area contributed by atoms with Gasteiger partial charge in [-0.1, -0.05) is 0 Å². The number of rotatable bonds is 0. The first-order chi connectivity index (χ1) is 17.7. The van der Waals surface area contributed by atoms with Gasteiger partial charge < -0.3 is 18.9 Å². The fourth-order valence-electron chi connectivity index (χ4n) is 5.30. The van der Waals surface area contributed by atoms with Crippen LogP contribution in [0.1, 0.15) is 33.4 Å². The Morgan fingerprint density at radius 1 is 0.528 bits per heavy atom. The lowest BCUT2D eigenvalue weighted by atomic mass is 9.84. The molecule has 0 spiro atoms. The van der Waals surface area contributed by atoms with Crippen molar-refractivity contribution in [3.63, 3.8) is 0 Å². The predicted molar refractivity (Wildman–Crippen MR) is 132 cm³/mol. The van der Waals surface area contributed by atoms with Gasteiger partial charge in [-0.3, -0.25) is 0 Å². The van der Waals surface area contributed by atoms with Crippen LogP contribution in [0, 0.1) is 11.6 Å². The van der Waals surface area contributed by atoms with Gasteiger partial charge in [-0.15, -0.1) is 0 Å². The number of benzene rings is 3. The summed E-state index contributed by atoms with van der Waals surface area (Å²) >= 11 is 0. The van der Waals surface area contributed by atoms with Crippen LogP contribution in [0.4, 0.5) is 8.78 Å². The van der Waals surface area contributed by atoms with Gasteiger partial charge in [0, 0.05) is 11.1 Å². The van der Waals surface area contributed by atoms with Gasteiger partial charge in [0.2, 0.25) is 0 Å².